The second-order valence-electron chi connectivity index (χ2n) is 6.28. The van der Waals surface area contributed by atoms with Crippen molar-refractivity contribution in [3.05, 3.63) is 52.9 Å². The highest BCUT2D eigenvalue weighted by atomic mass is 127. The van der Waals surface area contributed by atoms with Gasteiger partial charge in [-0.1, -0.05) is 43.3 Å². The number of hydrogen-bond donors (Lipinski definition) is 2. The maximum Gasteiger partial charge on any atom is 0.191 e. The first-order valence-electron chi connectivity index (χ1n) is 8.15. The highest BCUT2D eigenvalue weighted by molar-refractivity contribution is 14.0. The van der Waals surface area contributed by atoms with E-state index in [0.29, 0.717) is 18.4 Å². The molecule has 1 aliphatic rings. The Bertz CT molecular complexity index is 696. The van der Waals surface area contributed by atoms with Crippen LogP contribution in [0.2, 0.25) is 0 Å². The predicted molar refractivity (Wildman–Crippen MR) is 107 cm³/mol. The van der Waals surface area contributed by atoms with E-state index in [-0.39, 0.29) is 24.0 Å². The molecule has 2 aromatic rings. The van der Waals surface area contributed by atoms with E-state index in [9.17, 15) is 0 Å². The summed E-state index contributed by atoms with van der Waals surface area (Å²) in [6, 6.07) is 10.6. The SMILES string of the molecule is CN=C(NCc1cc(C(C)C)no1)NCC1Cc2ccccc21.I. The van der Waals surface area contributed by atoms with Gasteiger partial charge in [0.1, 0.15) is 0 Å². The zero-order chi connectivity index (χ0) is 16.2. The zero-order valence-corrected chi connectivity index (χ0v) is 16.7. The monoisotopic (exact) mass is 440 g/mol. The Hall–Kier alpha value is -1.57. The summed E-state index contributed by atoms with van der Waals surface area (Å²) in [7, 11) is 1.78. The molecule has 0 amide bonds. The number of nitrogens with one attached hydrogen (secondary N) is 2. The molecule has 6 heteroatoms. The van der Waals surface area contributed by atoms with E-state index in [0.717, 1.165) is 30.4 Å². The summed E-state index contributed by atoms with van der Waals surface area (Å²) in [5, 5.41) is 10.7. The molecule has 130 valence electrons. The highest BCUT2D eigenvalue weighted by Gasteiger charge is 2.25. The Morgan fingerprint density at radius 1 is 1.33 bits per heavy atom. The quantitative estimate of drug-likeness (QED) is 0.425. The topological polar surface area (TPSA) is 62.5 Å². The van der Waals surface area contributed by atoms with Gasteiger partial charge in [-0.2, -0.15) is 0 Å². The van der Waals surface area contributed by atoms with Crippen LogP contribution in [0.5, 0.6) is 0 Å². The molecule has 5 nitrogen and oxygen atoms in total. The minimum atomic E-state index is 0. The molecule has 0 bridgehead atoms. The maximum absolute atomic E-state index is 5.33. The molecule has 1 aromatic heterocycles. The van der Waals surface area contributed by atoms with Crippen LogP contribution in [-0.4, -0.2) is 24.7 Å². The normalized spacial score (nSPS) is 16.2. The van der Waals surface area contributed by atoms with E-state index in [2.05, 4.69) is 58.9 Å². The van der Waals surface area contributed by atoms with Crippen molar-refractivity contribution >= 4 is 29.9 Å². The number of guanidine groups is 1. The van der Waals surface area contributed by atoms with Crippen molar-refractivity contribution < 1.29 is 4.52 Å². The molecule has 0 aliphatic heterocycles. The zero-order valence-electron chi connectivity index (χ0n) is 14.4. The lowest BCUT2D eigenvalue weighted by molar-refractivity contribution is 0.372. The molecular weight excluding hydrogens is 415 g/mol. The van der Waals surface area contributed by atoms with Crippen LogP contribution >= 0.6 is 24.0 Å². The predicted octanol–water partition coefficient (Wildman–Crippen LogP) is 3.42. The van der Waals surface area contributed by atoms with Crippen molar-refractivity contribution in [1.82, 2.24) is 15.8 Å². The summed E-state index contributed by atoms with van der Waals surface area (Å²) in [6.07, 6.45) is 1.14. The highest BCUT2D eigenvalue weighted by Crippen LogP contribution is 2.33. The number of fused-ring (bicyclic) bond motifs is 1. The maximum atomic E-state index is 5.33. The first-order valence-corrected chi connectivity index (χ1v) is 8.15. The second kappa shape index (κ2) is 8.50. The molecule has 0 radical (unpaired) electrons. The number of hydrogen-bond acceptors (Lipinski definition) is 3. The van der Waals surface area contributed by atoms with Crippen LogP contribution in [0.1, 0.15) is 48.3 Å². The first-order chi connectivity index (χ1) is 11.2. The van der Waals surface area contributed by atoms with E-state index < -0.39 is 0 Å². The van der Waals surface area contributed by atoms with Gasteiger partial charge in [0.05, 0.1) is 12.2 Å². The largest absolute Gasteiger partial charge is 0.359 e. The fourth-order valence-corrected chi connectivity index (χ4v) is 2.84. The van der Waals surface area contributed by atoms with Crippen molar-refractivity contribution in [2.24, 2.45) is 4.99 Å². The Labute approximate surface area is 160 Å². The van der Waals surface area contributed by atoms with Crippen LogP contribution in [0.25, 0.3) is 0 Å². The van der Waals surface area contributed by atoms with Gasteiger partial charge in [0.2, 0.25) is 0 Å². The van der Waals surface area contributed by atoms with E-state index in [1.807, 2.05) is 6.07 Å². The fourth-order valence-electron chi connectivity index (χ4n) is 2.84. The van der Waals surface area contributed by atoms with Crippen LogP contribution in [0, 0.1) is 0 Å². The van der Waals surface area contributed by atoms with E-state index in [1.54, 1.807) is 7.05 Å². The minimum Gasteiger partial charge on any atom is -0.359 e. The van der Waals surface area contributed by atoms with Crippen LogP contribution in [0.4, 0.5) is 0 Å². The Morgan fingerprint density at radius 2 is 2.12 bits per heavy atom. The van der Waals surface area contributed by atoms with Crippen molar-refractivity contribution in [2.75, 3.05) is 13.6 Å². The minimum absolute atomic E-state index is 0. The summed E-state index contributed by atoms with van der Waals surface area (Å²) in [4.78, 5) is 4.26. The summed E-state index contributed by atoms with van der Waals surface area (Å²) in [5.74, 6) is 2.56. The van der Waals surface area contributed by atoms with Crippen LogP contribution in [0.3, 0.4) is 0 Å². The number of aromatic nitrogens is 1. The van der Waals surface area contributed by atoms with Crippen molar-refractivity contribution in [2.45, 2.75) is 38.6 Å². The van der Waals surface area contributed by atoms with Crippen LogP contribution in [-0.2, 0) is 13.0 Å². The van der Waals surface area contributed by atoms with Gasteiger partial charge in [0, 0.05) is 25.6 Å². The molecule has 0 spiro atoms. The molecule has 0 saturated heterocycles. The van der Waals surface area contributed by atoms with Gasteiger partial charge >= 0.3 is 0 Å². The molecule has 1 heterocycles. The molecule has 1 aliphatic carbocycles. The van der Waals surface area contributed by atoms with Gasteiger partial charge in [0.25, 0.3) is 0 Å². The van der Waals surface area contributed by atoms with Gasteiger partial charge in [-0.05, 0) is 23.5 Å². The third-order valence-corrected chi connectivity index (χ3v) is 4.30. The molecule has 1 aromatic carbocycles. The van der Waals surface area contributed by atoms with E-state index in [4.69, 9.17) is 4.52 Å². The van der Waals surface area contributed by atoms with Crippen molar-refractivity contribution in [1.29, 1.82) is 0 Å². The summed E-state index contributed by atoms with van der Waals surface area (Å²) < 4.78 is 5.33. The molecule has 0 saturated carbocycles. The molecule has 1 atom stereocenters. The van der Waals surface area contributed by atoms with Gasteiger partial charge in [-0.15, -0.1) is 24.0 Å². The average Bonchev–Trinajstić information content (AvgIpc) is 3.00. The van der Waals surface area contributed by atoms with E-state index >= 15 is 0 Å². The Kier molecular flexibility index (Phi) is 6.65. The van der Waals surface area contributed by atoms with Crippen molar-refractivity contribution in [3.63, 3.8) is 0 Å². The average molecular weight is 440 g/mol. The Morgan fingerprint density at radius 3 is 2.79 bits per heavy atom. The molecular formula is C18H25IN4O. The molecule has 1 unspecified atom stereocenters. The van der Waals surface area contributed by atoms with Crippen molar-refractivity contribution in [3.8, 4) is 0 Å². The summed E-state index contributed by atoms with van der Waals surface area (Å²) in [5.41, 5.74) is 3.90. The lowest BCUT2D eigenvalue weighted by Gasteiger charge is -2.30. The smallest absolute Gasteiger partial charge is 0.191 e. The van der Waals surface area contributed by atoms with Gasteiger partial charge in [-0.3, -0.25) is 4.99 Å². The number of benzene rings is 1. The molecule has 0 fully saturated rings. The lowest BCUT2D eigenvalue weighted by atomic mass is 9.78. The number of rotatable bonds is 5. The number of halogens is 1. The fraction of sp³-hybridized carbons (Fsp3) is 0.444. The molecule has 2 N–H and O–H groups in total. The third-order valence-electron chi connectivity index (χ3n) is 4.30. The lowest BCUT2D eigenvalue weighted by Crippen LogP contribution is -2.40. The van der Waals surface area contributed by atoms with Gasteiger partial charge in [0.15, 0.2) is 11.7 Å². The van der Waals surface area contributed by atoms with Crippen LogP contribution < -0.4 is 10.6 Å². The van der Waals surface area contributed by atoms with Gasteiger partial charge < -0.3 is 15.2 Å². The molecule has 3 rings (SSSR count). The third kappa shape index (κ3) is 4.28. The summed E-state index contributed by atoms with van der Waals surface area (Å²) in [6.45, 7) is 5.68. The number of aliphatic imine (C=N–C) groups is 1. The second-order valence-corrected chi connectivity index (χ2v) is 6.28. The number of nitrogens with zero attached hydrogens (tertiary/aromatic N) is 2. The van der Waals surface area contributed by atoms with E-state index in [1.165, 1.54) is 11.1 Å². The first kappa shape index (κ1) is 18.8. The Balaban J connectivity index is 0.00000208. The van der Waals surface area contributed by atoms with Crippen LogP contribution in [0.15, 0.2) is 39.8 Å². The summed E-state index contributed by atoms with van der Waals surface area (Å²) >= 11 is 0. The van der Waals surface area contributed by atoms with Gasteiger partial charge in [-0.25, -0.2) is 0 Å². The standard InChI is InChI=1S/C18H24N4O.HI/c1-12(2)17-9-15(23-22-17)11-21-18(19-3)20-10-14-8-13-6-4-5-7-16(13)14;/h4-7,9,12,14H,8,10-11H2,1-3H3,(H2,19,20,21);1H. The molecule has 24 heavy (non-hydrogen) atoms.